The molecule has 1 saturated heterocycles. The van der Waals surface area contributed by atoms with Gasteiger partial charge in [-0.05, 0) is 51.9 Å². The van der Waals surface area contributed by atoms with E-state index in [2.05, 4.69) is 0 Å². The molecule has 1 aliphatic carbocycles. The Morgan fingerprint density at radius 1 is 1.14 bits per heavy atom. The van der Waals surface area contributed by atoms with E-state index in [4.69, 9.17) is 4.74 Å². The highest BCUT2D eigenvalue weighted by Crippen LogP contribution is 2.46. The van der Waals surface area contributed by atoms with Gasteiger partial charge in [0.25, 0.3) is 0 Å². The smallest absolute Gasteiger partial charge is 0.411 e. The summed E-state index contributed by atoms with van der Waals surface area (Å²) in [7, 11) is 0. The average molecular weight is 297 g/mol. The number of carbonyl (C=O) groups is 2. The minimum Gasteiger partial charge on any atom is -0.480 e. The van der Waals surface area contributed by atoms with Gasteiger partial charge >= 0.3 is 12.1 Å². The van der Waals surface area contributed by atoms with Crippen LogP contribution < -0.4 is 0 Å². The predicted octanol–water partition coefficient (Wildman–Crippen LogP) is 3.42. The number of likely N-dealkylation sites (tertiary alicyclic amines) is 1. The monoisotopic (exact) mass is 297 g/mol. The molecule has 1 N–H and O–H groups in total. The third kappa shape index (κ3) is 3.89. The van der Waals surface area contributed by atoms with Crippen molar-refractivity contribution in [2.45, 2.75) is 77.4 Å². The molecule has 2 rings (SSSR count). The number of amides is 1. The lowest BCUT2D eigenvalue weighted by molar-refractivity contribution is -0.147. The van der Waals surface area contributed by atoms with E-state index in [0.717, 1.165) is 19.3 Å². The van der Waals surface area contributed by atoms with Crippen molar-refractivity contribution < 1.29 is 19.4 Å². The summed E-state index contributed by atoms with van der Waals surface area (Å²) in [6.45, 7) is 5.89. The third-order valence-corrected chi connectivity index (χ3v) is 4.71. The van der Waals surface area contributed by atoms with Gasteiger partial charge in [0.1, 0.15) is 11.6 Å². The number of ether oxygens (including phenoxy) is 1. The summed E-state index contributed by atoms with van der Waals surface area (Å²) < 4.78 is 5.36. The second kappa shape index (κ2) is 5.85. The first-order valence-corrected chi connectivity index (χ1v) is 7.95. The molecule has 2 aliphatic rings. The molecule has 1 heterocycles. The maximum absolute atomic E-state index is 12.2. The maximum Gasteiger partial charge on any atom is 0.411 e. The van der Waals surface area contributed by atoms with Gasteiger partial charge in [-0.15, -0.1) is 0 Å². The molecule has 1 saturated carbocycles. The molecule has 1 atom stereocenters. The van der Waals surface area contributed by atoms with Crippen LogP contribution in [0.25, 0.3) is 0 Å². The highest BCUT2D eigenvalue weighted by atomic mass is 16.6. The number of hydrogen-bond acceptors (Lipinski definition) is 3. The third-order valence-electron chi connectivity index (χ3n) is 4.71. The molecule has 1 spiro atoms. The molecule has 1 aliphatic heterocycles. The summed E-state index contributed by atoms with van der Waals surface area (Å²) in [5.41, 5.74) is -0.472. The quantitative estimate of drug-likeness (QED) is 0.805. The molecule has 1 amide bonds. The summed E-state index contributed by atoms with van der Waals surface area (Å²) in [6, 6.07) is -0.744. The van der Waals surface area contributed by atoms with E-state index in [1.54, 1.807) is 20.8 Å². The number of aliphatic carboxylic acids is 1. The summed E-state index contributed by atoms with van der Waals surface area (Å²) in [5, 5.41) is 9.52. The maximum atomic E-state index is 12.2. The first-order valence-electron chi connectivity index (χ1n) is 7.95. The van der Waals surface area contributed by atoms with Crippen LogP contribution in [0.5, 0.6) is 0 Å². The Kier molecular flexibility index (Phi) is 4.49. The van der Waals surface area contributed by atoms with E-state index in [-0.39, 0.29) is 5.41 Å². The summed E-state index contributed by atoms with van der Waals surface area (Å²) >= 11 is 0. The summed E-state index contributed by atoms with van der Waals surface area (Å²) in [6.07, 6.45) is 6.77. The Hall–Kier alpha value is -1.26. The van der Waals surface area contributed by atoms with Crippen LogP contribution in [0, 0.1) is 5.41 Å². The first-order chi connectivity index (χ1) is 9.72. The molecule has 120 valence electrons. The van der Waals surface area contributed by atoms with E-state index < -0.39 is 23.7 Å². The van der Waals surface area contributed by atoms with Gasteiger partial charge in [0, 0.05) is 6.54 Å². The number of hydrogen-bond donors (Lipinski definition) is 1. The zero-order valence-electron chi connectivity index (χ0n) is 13.4. The van der Waals surface area contributed by atoms with Gasteiger partial charge in [-0.3, -0.25) is 4.90 Å². The van der Waals surface area contributed by atoms with Crippen molar-refractivity contribution in [1.29, 1.82) is 0 Å². The van der Waals surface area contributed by atoms with Crippen LogP contribution in [0.3, 0.4) is 0 Å². The van der Waals surface area contributed by atoms with Crippen LogP contribution in [0.15, 0.2) is 0 Å². The van der Waals surface area contributed by atoms with E-state index in [9.17, 15) is 14.7 Å². The Morgan fingerprint density at radius 2 is 1.76 bits per heavy atom. The molecule has 21 heavy (non-hydrogen) atoms. The van der Waals surface area contributed by atoms with Crippen molar-refractivity contribution >= 4 is 12.1 Å². The number of carboxylic acid groups (broad SMARTS) is 1. The molecule has 0 bridgehead atoms. The molecule has 2 fully saturated rings. The molecule has 1 unspecified atom stereocenters. The minimum absolute atomic E-state index is 0.125. The second-order valence-corrected chi connectivity index (χ2v) is 7.54. The number of piperidine rings is 1. The van der Waals surface area contributed by atoms with Gasteiger partial charge in [0.05, 0.1) is 0 Å². The molecule has 0 radical (unpaired) electrons. The average Bonchev–Trinajstić information content (AvgIpc) is 2.37. The minimum atomic E-state index is -0.912. The fourth-order valence-corrected chi connectivity index (χ4v) is 3.65. The van der Waals surface area contributed by atoms with E-state index in [1.807, 2.05) is 0 Å². The van der Waals surface area contributed by atoms with Crippen molar-refractivity contribution in [3.05, 3.63) is 0 Å². The first kappa shape index (κ1) is 16.1. The fraction of sp³-hybridized carbons (Fsp3) is 0.875. The van der Waals surface area contributed by atoms with Crippen molar-refractivity contribution in [2.24, 2.45) is 5.41 Å². The van der Waals surface area contributed by atoms with Crippen LogP contribution in [-0.2, 0) is 9.53 Å². The predicted molar refractivity (Wildman–Crippen MR) is 79.1 cm³/mol. The second-order valence-electron chi connectivity index (χ2n) is 7.54. The Bertz CT molecular complexity index is 407. The van der Waals surface area contributed by atoms with Gasteiger partial charge in [-0.1, -0.05) is 19.3 Å². The highest BCUT2D eigenvalue weighted by Gasteiger charge is 2.45. The van der Waals surface area contributed by atoms with Crippen LogP contribution in [0.1, 0.15) is 65.7 Å². The molecule has 0 aromatic rings. The fourth-order valence-electron chi connectivity index (χ4n) is 3.65. The van der Waals surface area contributed by atoms with Gasteiger partial charge in [0.2, 0.25) is 0 Å². The SMILES string of the molecule is CC(C)(C)OC(=O)N1CCC2(CCCCC2)CC1C(=O)O. The zero-order valence-corrected chi connectivity index (χ0v) is 13.4. The summed E-state index contributed by atoms with van der Waals surface area (Å²) in [4.78, 5) is 25.3. The van der Waals surface area contributed by atoms with Gasteiger partial charge < -0.3 is 9.84 Å². The van der Waals surface area contributed by atoms with Crippen molar-refractivity contribution in [1.82, 2.24) is 4.90 Å². The summed E-state index contributed by atoms with van der Waals surface area (Å²) in [5.74, 6) is -0.912. The normalized spacial score (nSPS) is 25.7. The number of nitrogens with zero attached hydrogens (tertiary/aromatic N) is 1. The topological polar surface area (TPSA) is 66.8 Å². The molecule has 5 heteroatoms. The van der Waals surface area contributed by atoms with Crippen LogP contribution in [-0.4, -0.2) is 40.3 Å². The van der Waals surface area contributed by atoms with Crippen LogP contribution >= 0.6 is 0 Å². The largest absolute Gasteiger partial charge is 0.480 e. The van der Waals surface area contributed by atoms with Gasteiger partial charge in [-0.25, -0.2) is 9.59 Å². The molecular formula is C16H27NO4. The van der Waals surface area contributed by atoms with Gasteiger partial charge in [-0.2, -0.15) is 0 Å². The molecule has 5 nitrogen and oxygen atoms in total. The zero-order chi connectivity index (χ0) is 15.7. The van der Waals surface area contributed by atoms with E-state index in [0.29, 0.717) is 13.0 Å². The lowest BCUT2D eigenvalue weighted by atomic mass is 9.66. The lowest BCUT2D eigenvalue weighted by Crippen LogP contribution is -2.54. The Balaban J connectivity index is 2.10. The Morgan fingerprint density at radius 3 is 2.29 bits per heavy atom. The number of rotatable bonds is 1. The number of carbonyl (C=O) groups excluding carboxylic acids is 1. The van der Waals surface area contributed by atoms with Crippen molar-refractivity contribution in [2.75, 3.05) is 6.54 Å². The van der Waals surface area contributed by atoms with Gasteiger partial charge in [0.15, 0.2) is 0 Å². The van der Waals surface area contributed by atoms with Crippen LogP contribution in [0.4, 0.5) is 4.79 Å². The van der Waals surface area contributed by atoms with E-state index >= 15 is 0 Å². The Labute approximate surface area is 126 Å². The van der Waals surface area contributed by atoms with Crippen molar-refractivity contribution in [3.63, 3.8) is 0 Å². The standard InChI is InChI=1S/C16H27NO4/c1-15(2,3)21-14(20)17-10-9-16(7-5-4-6-8-16)11-12(17)13(18)19/h12H,4-11H2,1-3H3,(H,18,19). The van der Waals surface area contributed by atoms with Crippen molar-refractivity contribution in [3.8, 4) is 0 Å². The molecular weight excluding hydrogens is 270 g/mol. The van der Waals surface area contributed by atoms with E-state index in [1.165, 1.54) is 24.2 Å². The molecule has 0 aromatic carbocycles. The highest BCUT2D eigenvalue weighted by molar-refractivity contribution is 5.80. The van der Waals surface area contributed by atoms with Crippen LogP contribution in [0.2, 0.25) is 0 Å². The molecule has 0 aromatic heterocycles. The number of carboxylic acids is 1. The lowest BCUT2D eigenvalue weighted by Gasteiger charge is -2.47.